The Hall–Kier alpha value is -2.66. The van der Waals surface area contributed by atoms with Gasteiger partial charge in [0.2, 0.25) is 0 Å². The summed E-state index contributed by atoms with van der Waals surface area (Å²) in [6, 6.07) is 15.4. The minimum atomic E-state index is -0.348. The Balaban J connectivity index is 1.70. The van der Waals surface area contributed by atoms with E-state index in [9.17, 15) is 14.0 Å². The highest BCUT2D eigenvalue weighted by Gasteiger charge is 2.34. The lowest BCUT2D eigenvalue weighted by molar-refractivity contribution is -0.123. The van der Waals surface area contributed by atoms with Gasteiger partial charge in [0.05, 0.1) is 11.4 Å². The number of carbonyl (C=O) groups is 2. The highest BCUT2D eigenvalue weighted by atomic mass is 32.2. The van der Waals surface area contributed by atoms with E-state index < -0.39 is 0 Å². The molecule has 0 spiro atoms. The first kappa shape index (κ1) is 16.2. The molecule has 0 aliphatic carbocycles. The Bertz CT molecular complexity index is 813. The van der Waals surface area contributed by atoms with Crippen molar-refractivity contribution in [3.63, 3.8) is 0 Å². The molecule has 0 aromatic heterocycles. The number of allylic oxidation sites excluding steroid dienone is 2. The van der Waals surface area contributed by atoms with Crippen molar-refractivity contribution in [2.45, 2.75) is 6.54 Å². The maximum absolute atomic E-state index is 12.9. The third kappa shape index (κ3) is 3.81. The lowest BCUT2D eigenvalue weighted by Gasteiger charge is -2.12. The summed E-state index contributed by atoms with van der Waals surface area (Å²) < 4.78 is 12.9. The molecule has 0 N–H and O–H groups in total. The van der Waals surface area contributed by atoms with Gasteiger partial charge >= 0.3 is 0 Å². The number of rotatable bonds is 4. The van der Waals surface area contributed by atoms with E-state index in [2.05, 4.69) is 0 Å². The van der Waals surface area contributed by atoms with Gasteiger partial charge in [-0.15, -0.1) is 0 Å². The first-order valence-electron chi connectivity index (χ1n) is 7.35. The number of hydrogen-bond donors (Lipinski definition) is 0. The molecule has 0 unspecified atom stereocenters. The molecule has 2 aromatic rings. The predicted molar refractivity (Wildman–Crippen MR) is 93.5 cm³/mol. The first-order valence-corrected chi connectivity index (χ1v) is 8.17. The van der Waals surface area contributed by atoms with Crippen molar-refractivity contribution in [2.75, 3.05) is 0 Å². The van der Waals surface area contributed by atoms with E-state index in [1.54, 1.807) is 24.3 Å². The van der Waals surface area contributed by atoms with Gasteiger partial charge in [0.25, 0.3) is 11.1 Å². The van der Waals surface area contributed by atoms with Crippen LogP contribution in [0.2, 0.25) is 0 Å². The number of amides is 2. The molecule has 120 valence electrons. The van der Waals surface area contributed by atoms with Gasteiger partial charge in [-0.1, -0.05) is 54.6 Å². The molecule has 2 aromatic carbocycles. The SMILES string of the molecule is O=C1S/C(=C\C=C\c2ccccc2)C(=O)N1Cc1ccc(F)cc1. The van der Waals surface area contributed by atoms with E-state index in [0.29, 0.717) is 10.5 Å². The molecule has 0 bridgehead atoms. The maximum Gasteiger partial charge on any atom is 0.293 e. The van der Waals surface area contributed by atoms with Crippen LogP contribution in [-0.4, -0.2) is 16.0 Å². The van der Waals surface area contributed by atoms with E-state index in [-0.39, 0.29) is 23.5 Å². The summed E-state index contributed by atoms with van der Waals surface area (Å²) in [5.74, 6) is -0.675. The van der Waals surface area contributed by atoms with Crippen LogP contribution in [-0.2, 0) is 11.3 Å². The molecule has 2 amide bonds. The molecule has 1 heterocycles. The Morgan fingerprint density at radius 3 is 2.42 bits per heavy atom. The van der Waals surface area contributed by atoms with Gasteiger partial charge in [0, 0.05) is 0 Å². The van der Waals surface area contributed by atoms with Crippen molar-refractivity contribution < 1.29 is 14.0 Å². The van der Waals surface area contributed by atoms with Crippen molar-refractivity contribution in [1.29, 1.82) is 0 Å². The highest BCUT2D eigenvalue weighted by molar-refractivity contribution is 8.18. The number of thioether (sulfide) groups is 1. The van der Waals surface area contributed by atoms with Crippen molar-refractivity contribution in [2.24, 2.45) is 0 Å². The molecule has 3 nitrogen and oxygen atoms in total. The van der Waals surface area contributed by atoms with E-state index >= 15 is 0 Å². The molecule has 1 aliphatic rings. The van der Waals surface area contributed by atoms with Crippen LogP contribution in [0.3, 0.4) is 0 Å². The van der Waals surface area contributed by atoms with E-state index in [4.69, 9.17) is 0 Å². The van der Waals surface area contributed by atoms with Gasteiger partial charge in [0.15, 0.2) is 0 Å². The molecule has 0 atom stereocenters. The Labute approximate surface area is 143 Å². The smallest absolute Gasteiger partial charge is 0.268 e. The van der Waals surface area contributed by atoms with Crippen LogP contribution >= 0.6 is 11.8 Å². The van der Waals surface area contributed by atoms with Gasteiger partial charge in [-0.2, -0.15) is 0 Å². The average molecular weight is 339 g/mol. The molecular weight excluding hydrogens is 325 g/mol. The average Bonchev–Trinajstić information content (AvgIpc) is 2.85. The van der Waals surface area contributed by atoms with Gasteiger partial charge in [-0.3, -0.25) is 14.5 Å². The van der Waals surface area contributed by atoms with Crippen LogP contribution in [0.25, 0.3) is 6.08 Å². The topological polar surface area (TPSA) is 37.4 Å². The molecule has 0 radical (unpaired) electrons. The van der Waals surface area contributed by atoms with Crippen LogP contribution < -0.4 is 0 Å². The number of imide groups is 1. The molecule has 1 aliphatic heterocycles. The lowest BCUT2D eigenvalue weighted by Crippen LogP contribution is -2.27. The standard InChI is InChI=1S/C19H14FNO2S/c20-16-11-9-15(10-12-16)13-21-18(22)17(24-19(21)23)8-4-7-14-5-2-1-3-6-14/h1-12H,13H2/b7-4+,17-8-. The van der Waals surface area contributed by atoms with Crippen molar-refractivity contribution in [3.8, 4) is 0 Å². The first-order chi connectivity index (χ1) is 11.6. The molecule has 5 heteroatoms. The van der Waals surface area contributed by atoms with Crippen LogP contribution in [0.5, 0.6) is 0 Å². The van der Waals surface area contributed by atoms with Gasteiger partial charge in [-0.05, 0) is 41.1 Å². The van der Waals surface area contributed by atoms with Crippen LogP contribution in [0.4, 0.5) is 9.18 Å². The number of carbonyl (C=O) groups excluding carboxylic acids is 2. The second kappa shape index (κ2) is 7.27. The molecule has 1 fully saturated rings. The summed E-state index contributed by atoms with van der Waals surface area (Å²) in [6.45, 7) is 0.144. The second-order valence-electron chi connectivity index (χ2n) is 5.19. The Morgan fingerprint density at radius 1 is 1.00 bits per heavy atom. The van der Waals surface area contributed by atoms with E-state index in [1.165, 1.54) is 17.0 Å². The quantitative estimate of drug-likeness (QED) is 0.763. The Morgan fingerprint density at radius 2 is 1.71 bits per heavy atom. The van der Waals surface area contributed by atoms with Crippen molar-refractivity contribution >= 4 is 29.0 Å². The normalized spacial score (nSPS) is 16.5. The highest BCUT2D eigenvalue weighted by Crippen LogP contribution is 2.31. The maximum atomic E-state index is 12.9. The zero-order valence-corrected chi connectivity index (χ0v) is 13.5. The molecule has 3 rings (SSSR count). The lowest BCUT2D eigenvalue weighted by atomic mass is 10.2. The molecule has 1 saturated heterocycles. The fraction of sp³-hybridized carbons (Fsp3) is 0.0526. The number of halogens is 1. The fourth-order valence-electron chi connectivity index (χ4n) is 2.23. The summed E-state index contributed by atoms with van der Waals surface area (Å²) in [5.41, 5.74) is 1.72. The summed E-state index contributed by atoms with van der Waals surface area (Å²) in [5, 5.41) is -0.316. The molecular formula is C19H14FNO2S. The number of nitrogens with zero attached hydrogens (tertiary/aromatic N) is 1. The van der Waals surface area contributed by atoms with Gasteiger partial charge in [-0.25, -0.2) is 4.39 Å². The molecule has 24 heavy (non-hydrogen) atoms. The van der Waals surface area contributed by atoms with E-state index in [1.807, 2.05) is 36.4 Å². The zero-order chi connectivity index (χ0) is 16.9. The minimum Gasteiger partial charge on any atom is -0.268 e. The van der Waals surface area contributed by atoms with Crippen LogP contribution in [0.15, 0.2) is 71.7 Å². The molecule has 0 saturated carbocycles. The van der Waals surface area contributed by atoms with Crippen LogP contribution in [0.1, 0.15) is 11.1 Å². The summed E-state index contributed by atoms with van der Waals surface area (Å²) >= 11 is 0.913. The Kier molecular flexibility index (Phi) is 4.91. The minimum absolute atomic E-state index is 0.144. The van der Waals surface area contributed by atoms with Crippen LogP contribution in [0, 0.1) is 5.82 Å². The predicted octanol–water partition coefficient (Wildman–Crippen LogP) is 4.62. The fourth-order valence-corrected chi connectivity index (χ4v) is 3.02. The van der Waals surface area contributed by atoms with Crippen molar-refractivity contribution in [1.82, 2.24) is 4.90 Å². The van der Waals surface area contributed by atoms with Crippen molar-refractivity contribution in [3.05, 3.63) is 88.6 Å². The third-order valence-electron chi connectivity index (χ3n) is 3.46. The monoisotopic (exact) mass is 339 g/mol. The summed E-state index contributed by atoms with van der Waals surface area (Å²) in [4.78, 5) is 25.9. The van der Waals surface area contributed by atoms with E-state index in [0.717, 1.165) is 17.3 Å². The third-order valence-corrected chi connectivity index (χ3v) is 4.39. The second-order valence-corrected chi connectivity index (χ2v) is 6.18. The summed E-state index contributed by atoms with van der Waals surface area (Å²) in [7, 11) is 0. The zero-order valence-electron chi connectivity index (χ0n) is 12.7. The van der Waals surface area contributed by atoms with Gasteiger partial charge < -0.3 is 0 Å². The summed E-state index contributed by atoms with van der Waals surface area (Å²) in [6.07, 6.45) is 5.26. The largest absolute Gasteiger partial charge is 0.293 e. The van der Waals surface area contributed by atoms with Gasteiger partial charge in [0.1, 0.15) is 5.82 Å². The number of benzene rings is 2. The number of hydrogen-bond acceptors (Lipinski definition) is 3.